The van der Waals surface area contributed by atoms with E-state index in [4.69, 9.17) is 0 Å². The fraction of sp³-hybridized carbons (Fsp3) is 0.500. The second-order valence-corrected chi connectivity index (χ2v) is 6.64. The molecule has 1 fully saturated rings. The lowest BCUT2D eigenvalue weighted by Gasteiger charge is -2.25. The molecule has 0 aromatic heterocycles. The highest BCUT2D eigenvalue weighted by molar-refractivity contribution is 6.21. The number of hydrogen-bond donors (Lipinski definition) is 0. The quantitative estimate of drug-likeness (QED) is 0.783. The van der Waals surface area contributed by atoms with Gasteiger partial charge in [0.05, 0.1) is 11.1 Å². The van der Waals surface area contributed by atoms with Crippen LogP contribution in [0.4, 0.5) is 0 Å². The van der Waals surface area contributed by atoms with Gasteiger partial charge in [0.15, 0.2) is 0 Å². The van der Waals surface area contributed by atoms with E-state index in [-0.39, 0.29) is 36.7 Å². The number of benzene rings is 1. The van der Waals surface area contributed by atoms with Gasteiger partial charge in [-0.15, -0.1) is 0 Å². The molecule has 1 aliphatic heterocycles. The maximum Gasteiger partial charge on any atom is 0.261 e. The Kier molecular flexibility index (Phi) is 3.96. The molecule has 5 nitrogen and oxygen atoms in total. The summed E-state index contributed by atoms with van der Waals surface area (Å²) in [6.45, 7) is 4.09. The van der Waals surface area contributed by atoms with Gasteiger partial charge in [0, 0.05) is 26.1 Å². The van der Waals surface area contributed by atoms with Crippen LogP contribution in [0.2, 0.25) is 0 Å². The van der Waals surface area contributed by atoms with Crippen LogP contribution in [0.15, 0.2) is 18.2 Å². The molecule has 1 heterocycles. The Morgan fingerprint density at radius 2 is 1.91 bits per heavy atom. The third-order valence-electron chi connectivity index (χ3n) is 4.98. The molecule has 3 amide bonds. The lowest BCUT2D eigenvalue weighted by molar-refractivity contribution is -0.132. The molecule has 1 aromatic rings. The number of aryl methyl sites for hydroxylation is 1. The minimum atomic E-state index is -0.296. The minimum absolute atomic E-state index is 0.0165. The summed E-state index contributed by atoms with van der Waals surface area (Å²) in [6.07, 6.45) is 2.53. The van der Waals surface area contributed by atoms with Gasteiger partial charge in [-0.3, -0.25) is 19.3 Å². The van der Waals surface area contributed by atoms with Crippen molar-refractivity contribution in [3.05, 3.63) is 34.9 Å². The summed E-state index contributed by atoms with van der Waals surface area (Å²) >= 11 is 0. The molecule has 2 aliphatic rings. The first-order valence-corrected chi connectivity index (χ1v) is 8.12. The molecule has 23 heavy (non-hydrogen) atoms. The lowest BCUT2D eigenvalue weighted by atomic mass is 10.1. The number of amides is 3. The van der Waals surface area contributed by atoms with Gasteiger partial charge in [-0.25, -0.2) is 0 Å². The molecule has 1 saturated carbocycles. The average Bonchev–Trinajstić information content (AvgIpc) is 3.34. The van der Waals surface area contributed by atoms with Crippen LogP contribution >= 0.6 is 0 Å². The summed E-state index contributed by atoms with van der Waals surface area (Å²) in [4.78, 5) is 39.9. The van der Waals surface area contributed by atoms with Gasteiger partial charge in [-0.05, 0) is 44.7 Å². The van der Waals surface area contributed by atoms with Gasteiger partial charge in [0.2, 0.25) is 5.91 Å². The van der Waals surface area contributed by atoms with Crippen LogP contribution in [-0.2, 0) is 4.79 Å². The van der Waals surface area contributed by atoms with Gasteiger partial charge < -0.3 is 4.90 Å². The van der Waals surface area contributed by atoms with Crippen molar-refractivity contribution < 1.29 is 14.4 Å². The van der Waals surface area contributed by atoms with Crippen LogP contribution in [0.3, 0.4) is 0 Å². The summed E-state index contributed by atoms with van der Waals surface area (Å²) in [6, 6.07) is 5.48. The molecule has 122 valence electrons. The van der Waals surface area contributed by atoms with E-state index >= 15 is 0 Å². The van der Waals surface area contributed by atoms with Gasteiger partial charge in [0.1, 0.15) is 0 Å². The van der Waals surface area contributed by atoms with Crippen LogP contribution in [0.5, 0.6) is 0 Å². The zero-order valence-electron chi connectivity index (χ0n) is 13.8. The first-order chi connectivity index (χ1) is 10.9. The van der Waals surface area contributed by atoms with E-state index in [1.807, 2.05) is 13.0 Å². The van der Waals surface area contributed by atoms with Crippen molar-refractivity contribution in [3.8, 4) is 0 Å². The van der Waals surface area contributed by atoms with Crippen LogP contribution in [0.1, 0.15) is 52.5 Å². The first kappa shape index (κ1) is 15.7. The molecule has 0 radical (unpaired) electrons. The topological polar surface area (TPSA) is 57.7 Å². The zero-order valence-corrected chi connectivity index (χ0v) is 13.8. The molecule has 3 rings (SSSR count). The number of fused-ring (bicyclic) bond motifs is 1. The molecule has 5 heteroatoms. The summed E-state index contributed by atoms with van der Waals surface area (Å²) in [7, 11) is 1.80. The largest absolute Gasteiger partial charge is 0.343 e. The number of imide groups is 1. The fourth-order valence-corrected chi connectivity index (χ4v) is 3.11. The number of rotatable bonds is 5. The predicted molar refractivity (Wildman–Crippen MR) is 86.1 cm³/mol. The number of hydrogen-bond acceptors (Lipinski definition) is 3. The second-order valence-electron chi connectivity index (χ2n) is 6.64. The number of carbonyl (C=O) groups is 3. The van der Waals surface area contributed by atoms with Gasteiger partial charge >= 0.3 is 0 Å². The van der Waals surface area contributed by atoms with Crippen molar-refractivity contribution in [2.24, 2.45) is 5.92 Å². The Morgan fingerprint density at radius 3 is 2.57 bits per heavy atom. The van der Waals surface area contributed by atoms with E-state index in [9.17, 15) is 14.4 Å². The van der Waals surface area contributed by atoms with Crippen molar-refractivity contribution in [2.75, 3.05) is 13.6 Å². The summed E-state index contributed by atoms with van der Waals surface area (Å²) in [5.41, 5.74) is 1.83. The molecule has 1 unspecified atom stereocenters. The van der Waals surface area contributed by atoms with Crippen molar-refractivity contribution in [2.45, 2.75) is 39.2 Å². The summed E-state index contributed by atoms with van der Waals surface area (Å²) < 4.78 is 0. The van der Waals surface area contributed by atoms with E-state index in [2.05, 4.69) is 6.92 Å². The number of carbonyl (C=O) groups excluding carboxylic acids is 3. The SMILES string of the molecule is Cc1ccc2c(c1)C(=O)N(CCC(=O)N(C)C(C)C1CC1)C2=O. The van der Waals surface area contributed by atoms with Crippen molar-refractivity contribution in [3.63, 3.8) is 0 Å². The lowest BCUT2D eigenvalue weighted by Crippen LogP contribution is -2.39. The third-order valence-corrected chi connectivity index (χ3v) is 4.98. The fourth-order valence-electron chi connectivity index (χ4n) is 3.11. The number of nitrogens with zero attached hydrogens (tertiary/aromatic N) is 2. The smallest absolute Gasteiger partial charge is 0.261 e. The average molecular weight is 314 g/mol. The molecule has 1 aromatic carbocycles. The standard InChI is InChI=1S/C18H22N2O3/c1-11-4-7-14-15(10-11)18(23)20(17(14)22)9-8-16(21)19(3)12(2)13-5-6-13/h4,7,10,12-13H,5-6,8-9H2,1-3H3. The summed E-state index contributed by atoms with van der Waals surface area (Å²) in [5.74, 6) is -0.00143. The Balaban J connectivity index is 1.64. The third kappa shape index (κ3) is 2.87. The van der Waals surface area contributed by atoms with Crippen LogP contribution < -0.4 is 0 Å². The summed E-state index contributed by atoms with van der Waals surface area (Å²) in [5, 5.41) is 0. The zero-order chi connectivity index (χ0) is 16.7. The van der Waals surface area contributed by atoms with Crippen molar-refractivity contribution >= 4 is 17.7 Å². The van der Waals surface area contributed by atoms with Crippen LogP contribution in [0, 0.1) is 12.8 Å². The molecular weight excluding hydrogens is 292 g/mol. The highest BCUT2D eigenvalue weighted by atomic mass is 16.2. The van der Waals surface area contributed by atoms with Gasteiger partial charge in [-0.2, -0.15) is 0 Å². The van der Waals surface area contributed by atoms with Crippen molar-refractivity contribution in [1.82, 2.24) is 9.80 Å². The molecular formula is C18H22N2O3. The Morgan fingerprint density at radius 1 is 1.26 bits per heavy atom. The Hall–Kier alpha value is -2.17. The monoisotopic (exact) mass is 314 g/mol. The highest BCUT2D eigenvalue weighted by Crippen LogP contribution is 2.34. The molecule has 0 spiro atoms. The van der Waals surface area contributed by atoms with Crippen LogP contribution in [-0.4, -0.2) is 47.2 Å². The first-order valence-electron chi connectivity index (χ1n) is 8.12. The second kappa shape index (κ2) is 5.80. The van der Waals surface area contributed by atoms with E-state index in [0.29, 0.717) is 17.0 Å². The predicted octanol–water partition coefficient (Wildman–Crippen LogP) is 2.24. The molecule has 0 N–H and O–H groups in total. The maximum atomic E-state index is 12.4. The molecule has 1 atom stereocenters. The van der Waals surface area contributed by atoms with E-state index < -0.39 is 0 Å². The van der Waals surface area contributed by atoms with E-state index in [1.54, 1.807) is 24.1 Å². The molecule has 0 saturated heterocycles. The molecule has 1 aliphatic carbocycles. The van der Waals surface area contributed by atoms with Crippen LogP contribution in [0.25, 0.3) is 0 Å². The van der Waals surface area contributed by atoms with E-state index in [0.717, 1.165) is 5.56 Å². The Labute approximate surface area is 136 Å². The molecule has 0 bridgehead atoms. The minimum Gasteiger partial charge on any atom is -0.343 e. The normalized spacial score (nSPS) is 18.1. The maximum absolute atomic E-state index is 12.4. The van der Waals surface area contributed by atoms with Gasteiger partial charge in [-0.1, -0.05) is 11.6 Å². The van der Waals surface area contributed by atoms with E-state index in [1.165, 1.54) is 17.7 Å². The Bertz CT molecular complexity index is 679. The highest BCUT2D eigenvalue weighted by Gasteiger charge is 2.36. The van der Waals surface area contributed by atoms with Crippen molar-refractivity contribution in [1.29, 1.82) is 0 Å². The van der Waals surface area contributed by atoms with Gasteiger partial charge in [0.25, 0.3) is 11.8 Å².